The van der Waals surface area contributed by atoms with Gasteiger partial charge in [-0.15, -0.1) is 0 Å². The van der Waals surface area contributed by atoms with Crippen molar-refractivity contribution in [1.82, 2.24) is 0 Å². The summed E-state index contributed by atoms with van der Waals surface area (Å²) >= 11 is 0. The van der Waals surface area contributed by atoms with Gasteiger partial charge in [0.25, 0.3) is 0 Å². The molecule has 0 aromatic heterocycles. The van der Waals surface area contributed by atoms with E-state index in [-0.39, 0.29) is 5.54 Å². The number of hydrogen-bond donors (Lipinski definition) is 2. The molecule has 0 aromatic rings. The summed E-state index contributed by atoms with van der Waals surface area (Å²) < 4.78 is 0. The maximum Gasteiger partial charge on any atom is 0.0149 e. The van der Waals surface area contributed by atoms with Crippen molar-refractivity contribution in [2.45, 2.75) is 91.6 Å². The molecule has 0 saturated carbocycles. The molecule has 0 fully saturated rings. The van der Waals surface area contributed by atoms with E-state index in [1.807, 2.05) is 0 Å². The zero-order valence-corrected chi connectivity index (χ0v) is 14.2. The van der Waals surface area contributed by atoms with Crippen molar-refractivity contribution in [3.63, 3.8) is 0 Å². The van der Waals surface area contributed by atoms with Crippen LogP contribution < -0.4 is 11.5 Å². The van der Waals surface area contributed by atoms with Crippen LogP contribution in [0.1, 0.15) is 80.1 Å². The minimum absolute atomic E-state index is 0.0501. The predicted octanol–water partition coefficient (Wildman–Crippen LogP) is 4.32. The van der Waals surface area contributed by atoms with Crippen LogP contribution in [0.2, 0.25) is 0 Å². The topological polar surface area (TPSA) is 52.0 Å². The Morgan fingerprint density at radius 2 is 1.53 bits per heavy atom. The van der Waals surface area contributed by atoms with E-state index < -0.39 is 0 Å². The molecule has 2 nitrogen and oxygen atoms in total. The van der Waals surface area contributed by atoms with Crippen LogP contribution in [0, 0.1) is 17.8 Å². The smallest absolute Gasteiger partial charge is 0.0149 e. The van der Waals surface area contributed by atoms with Crippen LogP contribution in [0.25, 0.3) is 0 Å². The molecule has 0 bridgehead atoms. The summed E-state index contributed by atoms with van der Waals surface area (Å²) in [6.07, 6.45) is 7.02. The molecule has 0 aliphatic carbocycles. The summed E-state index contributed by atoms with van der Waals surface area (Å²) in [6, 6.07) is 0.303. The Kier molecular flexibility index (Phi) is 8.93. The van der Waals surface area contributed by atoms with Gasteiger partial charge in [0.2, 0.25) is 0 Å². The van der Waals surface area contributed by atoms with Crippen molar-refractivity contribution in [2.24, 2.45) is 29.2 Å². The van der Waals surface area contributed by atoms with E-state index in [0.717, 1.165) is 31.1 Å². The lowest BCUT2D eigenvalue weighted by atomic mass is 9.77. The first kappa shape index (κ1) is 18.9. The fourth-order valence-corrected chi connectivity index (χ4v) is 2.99. The Balaban J connectivity index is 4.31. The Hall–Kier alpha value is -0.0800. The van der Waals surface area contributed by atoms with E-state index in [9.17, 15) is 0 Å². The van der Waals surface area contributed by atoms with Gasteiger partial charge < -0.3 is 11.5 Å². The number of nitrogens with two attached hydrogens (primary N) is 2. The van der Waals surface area contributed by atoms with Gasteiger partial charge in [-0.25, -0.2) is 0 Å². The SMILES string of the molecule is CCC(C)C(CC(C)CCC(N)(CC)CC)C(C)N. The quantitative estimate of drug-likeness (QED) is 0.621. The molecule has 0 rings (SSSR count). The molecule has 19 heavy (non-hydrogen) atoms. The number of hydrogen-bond acceptors (Lipinski definition) is 2. The molecule has 116 valence electrons. The Bertz CT molecular complexity index is 221. The lowest BCUT2D eigenvalue weighted by Gasteiger charge is -2.32. The minimum atomic E-state index is 0.0501. The van der Waals surface area contributed by atoms with Crippen molar-refractivity contribution in [3.8, 4) is 0 Å². The second kappa shape index (κ2) is 8.97. The first-order chi connectivity index (χ1) is 8.79. The zero-order chi connectivity index (χ0) is 15.1. The maximum atomic E-state index is 6.40. The van der Waals surface area contributed by atoms with Crippen LogP contribution >= 0.6 is 0 Å². The fourth-order valence-electron chi connectivity index (χ4n) is 2.99. The molecule has 4 unspecified atom stereocenters. The standard InChI is InChI=1S/C17H38N2/c1-7-14(5)16(15(6)18)12-13(4)10-11-17(19,8-2)9-3/h13-16H,7-12,18-19H2,1-6H3. The minimum Gasteiger partial charge on any atom is -0.328 e. The van der Waals surface area contributed by atoms with Crippen LogP contribution in [-0.4, -0.2) is 11.6 Å². The Labute approximate surface area is 121 Å². The highest BCUT2D eigenvalue weighted by atomic mass is 14.7. The zero-order valence-electron chi connectivity index (χ0n) is 14.2. The van der Waals surface area contributed by atoms with Crippen LogP contribution in [0.3, 0.4) is 0 Å². The van der Waals surface area contributed by atoms with E-state index in [0.29, 0.717) is 12.0 Å². The summed E-state index contributed by atoms with van der Waals surface area (Å²) in [5.41, 5.74) is 12.6. The molecule has 0 aromatic carbocycles. The highest BCUT2D eigenvalue weighted by molar-refractivity contribution is 4.82. The van der Waals surface area contributed by atoms with Crippen molar-refractivity contribution in [3.05, 3.63) is 0 Å². The van der Waals surface area contributed by atoms with Crippen LogP contribution in [0.5, 0.6) is 0 Å². The first-order valence-electron chi connectivity index (χ1n) is 8.34. The lowest BCUT2D eigenvalue weighted by molar-refractivity contribution is 0.230. The van der Waals surface area contributed by atoms with Gasteiger partial charge in [0.15, 0.2) is 0 Å². The summed E-state index contributed by atoms with van der Waals surface area (Å²) in [7, 11) is 0. The normalized spacial score (nSPS) is 18.9. The largest absolute Gasteiger partial charge is 0.328 e. The molecule has 0 aliphatic heterocycles. The highest BCUT2D eigenvalue weighted by Crippen LogP contribution is 2.29. The molecule has 0 heterocycles. The average molecular weight is 271 g/mol. The molecule has 4 N–H and O–H groups in total. The highest BCUT2D eigenvalue weighted by Gasteiger charge is 2.25. The third-order valence-corrected chi connectivity index (χ3v) is 5.27. The third-order valence-electron chi connectivity index (χ3n) is 5.27. The molecular formula is C17H38N2. The van der Waals surface area contributed by atoms with Crippen LogP contribution in [0.4, 0.5) is 0 Å². The molecular weight excluding hydrogens is 232 g/mol. The van der Waals surface area contributed by atoms with Gasteiger partial charge in [0.05, 0.1) is 0 Å². The molecule has 0 aliphatic rings. The van der Waals surface area contributed by atoms with Crippen molar-refractivity contribution in [2.75, 3.05) is 0 Å². The summed E-state index contributed by atoms with van der Waals surface area (Å²) in [5.74, 6) is 2.10. The first-order valence-corrected chi connectivity index (χ1v) is 8.34. The van der Waals surface area contributed by atoms with Gasteiger partial charge in [-0.05, 0) is 56.8 Å². The predicted molar refractivity (Wildman–Crippen MR) is 87.1 cm³/mol. The summed E-state index contributed by atoms with van der Waals surface area (Å²) in [6.45, 7) is 13.5. The molecule has 0 radical (unpaired) electrons. The second-order valence-electron chi connectivity index (χ2n) is 6.86. The fraction of sp³-hybridized carbons (Fsp3) is 1.00. The van der Waals surface area contributed by atoms with Crippen molar-refractivity contribution >= 4 is 0 Å². The van der Waals surface area contributed by atoms with E-state index in [1.54, 1.807) is 0 Å². The molecule has 0 spiro atoms. The molecule has 0 saturated heterocycles. The molecule has 4 atom stereocenters. The number of rotatable bonds is 10. The lowest BCUT2D eigenvalue weighted by Crippen LogP contribution is -2.39. The van der Waals surface area contributed by atoms with Gasteiger partial charge in [0, 0.05) is 11.6 Å². The monoisotopic (exact) mass is 270 g/mol. The van der Waals surface area contributed by atoms with E-state index >= 15 is 0 Å². The van der Waals surface area contributed by atoms with Crippen molar-refractivity contribution in [1.29, 1.82) is 0 Å². The van der Waals surface area contributed by atoms with Crippen LogP contribution in [0.15, 0.2) is 0 Å². The Morgan fingerprint density at radius 1 is 1.00 bits per heavy atom. The van der Waals surface area contributed by atoms with Crippen molar-refractivity contribution < 1.29 is 0 Å². The van der Waals surface area contributed by atoms with Gasteiger partial charge >= 0.3 is 0 Å². The summed E-state index contributed by atoms with van der Waals surface area (Å²) in [5, 5.41) is 0. The second-order valence-corrected chi connectivity index (χ2v) is 6.86. The van der Waals surface area contributed by atoms with Gasteiger partial charge in [-0.2, -0.15) is 0 Å². The van der Waals surface area contributed by atoms with E-state index in [1.165, 1.54) is 19.3 Å². The van der Waals surface area contributed by atoms with Gasteiger partial charge in [-0.3, -0.25) is 0 Å². The average Bonchev–Trinajstić information content (AvgIpc) is 2.40. The maximum absolute atomic E-state index is 6.40. The van der Waals surface area contributed by atoms with Gasteiger partial charge in [-0.1, -0.05) is 41.0 Å². The Morgan fingerprint density at radius 3 is 1.89 bits per heavy atom. The van der Waals surface area contributed by atoms with E-state index in [4.69, 9.17) is 11.5 Å². The van der Waals surface area contributed by atoms with E-state index in [2.05, 4.69) is 41.5 Å². The third kappa shape index (κ3) is 6.76. The summed E-state index contributed by atoms with van der Waals surface area (Å²) in [4.78, 5) is 0. The van der Waals surface area contributed by atoms with Gasteiger partial charge in [0.1, 0.15) is 0 Å². The van der Waals surface area contributed by atoms with Crippen LogP contribution in [-0.2, 0) is 0 Å². The molecule has 0 amide bonds. The molecule has 2 heteroatoms.